The molecule has 2 amide bonds. The first-order chi connectivity index (χ1) is 18.6. The SMILES string of the molecule is CC(F)(F)C(=O)NC1CC(=O)N(c2ccc(Nc3ccc(F)cc3)c(C=N)c2)C1c1ccc2c(c1)OCCO2. The highest BCUT2D eigenvalue weighted by Crippen LogP contribution is 2.42. The van der Waals surface area contributed by atoms with Crippen LogP contribution in [-0.4, -0.2) is 43.2 Å². The highest BCUT2D eigenvalue weighted by Gasteiger charge is 2.45. The summed E-state index contributed by atoms with van der Waals surface area (Å²) in [7, 11) is 0. The Morgan fingerprint density at radius 1 is 1.05 bits per heavy atom. The van der Waals surface area contributed by atoms with Crippen molar-refractivity contribution < 1.29 is 32.2 Å². The molecule has 1 fully saturated rings. The molecule has 11 heteroatoms. The molecule has 0 bridgehead atoms. The van der Waals surface area contributed by atoms with Gasteiger partial charge in [-0.25, -0.2) is 4.39 Å². The van der Waals surface area contributed by atoms with E-state index in [1.165, 1.54) is 17.0 Å². The van der Waals surface area contributed by atoms with Gasteiger partial charge in [-0.2, -0.15) is 8.78 Å². The summed E-state index contributed by atoms with van der Waals surface area (Å²) >= 11 is 0. The van der Waals surface area contributed by atoms with Crippen molar-refractivity contribution in [3.8, 4) is 11.5 Å². The fourth-order valence-corrected chi connectivity index (χ4v) is 4.71. The Kier molecular flexibility index (Phi) is 6.90. The monoisotopic (exact) mass is 538 g/mol. The number of alkyl halides is 2. The number of benzene rings is 3. The third kappa shape index (κ3) is 5.38. The predicted molar refractivity (Wildman–Crippen MR) is 139 cm³/mol. The van der Waals surface area contributed by atoms with E-state index in [1.807, 2.05) is 0 Å². The fraction of sp³-hybridized carbons (Fsp3) is 0.250. The van der Waals surface area contributed by atoms with Crippen molar-refractivity contribution >= 4 is 35.1 Å². The van der Waals surface area contributed by atoms with Gasteiger partial charge >= 0.3 is 5.92 Å². The molecule has 0 aliphatic carbocycles. The lowest BCUT2D eigenvalue weighted by atomic mass is 9.98. The molecule has 2 heterocycles. The second-order valence-corrected chi connectivity index (χ2v) is 9.33. The number of nitrogens with one attached hydrogen (secondary N) is 3. The molecule has 3 N–H and O–H groups in total. The molecule has 0 saturated carbocycles. The standard InChI is InChI=1S/C28H25F3N4O4/c1-28(30,31)27(37)34-22-14-25(36)35(26(22)16-2-9-23-24(13-16)39-11-10-38-23)20-7-8-21(17(12-20)15-32)33-19-5-3-18(29)4-6-19/h2-9,12-13,15,22,26,32-33H,10-11,14H2,1H3,(H,34,37). The van der Waals surface area contributed by atoms with Crippen LogP contribution in [0.15, 0.2) is 60.7 Å². The highest BCUT2D eigenvalue weighted by molar-refractivity contribution is 6.00. The Bertz CT molecular complexity index is 1430. The second kappa shape index (κ2) is 10.3. The van der Waals surface area contributed by atoms with E-state index >= 15 is 0 Å². The van der Waals surface area contributed by atoms with Gasteiger partial charge in [0.05, 0.1) is 12.1 Å². The zero-order valence-corrected chi connectivity index (χ0v) is 20.8. The summed E-state index contributed by atoms with van der Waals surface area (Å²) in [4.78, 5) is 27.0. The molecule has 2 aliphatic heterocycles. The van der Waals surface area contributed by atoms with Crippen molar-refractivity contribution in [3.05, 3.63) is 77.6 Å². The number of halogens is 3. The largest absolute Gasteiger partial charge is 0.486 e. The third-order valence-corrected chi connectivity index (χ3v) is 6.54. The molecule has 8 nitrogen and oxygen atoms in total. The van der Waals surface area contributed by atoms with E-state index in [2.05, 4.69) is 10.6 Å². The smallest absolute Gasteiger partial charge is 0.321 e. The van der Waals surface area contributed by atoms with Gasteiger partial charge in [0.2, 0.25) is 5.91 Å². The number of ether oxygens (including phenoxy) is 2. The number of fused-ring (bicyclic) bond motifs is 1. The number of hydrogen-bond acceptors (Lipinski definition) is 6. The van der Waals surface area contributed by atoms with Crippen LogP contribution in [0.5, 0.6) is 11.5 Å². The molecule has 0 spiro atoms. The maximum atomic E-state index is 13.8. The van der Waals surface area contributed by atoms with E-state index in [9.17, 15) is 22.8 Å². The summed E-state index contributed by atoms with van der Waals surface area (Å²) in [6, 6.07) is 13.9. The zero-order valence-electron chi connectivity index (χ0n) is 20.8. The van der Waals surface area contributed by atoms with Crippen LogP contribution < -0.4 is 25.0 Å². The van der Waals surface area contributed by atoms with Gasteiger partial charge in [-0.1, -0.05) is 6.07 Å². The molecule has 2 atom stereocenters. The zero-order chi connectivity index (χ0) is 27.7. The van der Waals surface area contributed by atoms with E-state index in [0.717, 1.165) is 6.21 Å². The average molecular weight is 539 g/mol. The van der Waals surface area contributed by atoms with Crippen LogP contribution in [0.3, 0.4) is 0 Å². The van der Waals surface area contributed by atoms with E-state index in [1.54, 1.807) is 48.5 Å². The van der Waals surface area contributed by atoms with Crippen LogP contribution in [-0.2, 0) is 9.59 Å². The number of amides is 2. The molecule has 202 valence electrons. The first-order valence-electron chi connectivity index (χ1n) is 12.2. The van der Waals surface area contributed by atoms with Gasteiger partial charge in [-0.05, 0) is 60.2 Å². The van der Waals surface area contributed by atoms with Crippen LogP contribution >= 0.6 is 0 Å². The van der Waals surface area contributed by atoms with E-state index < -0.39 is 29.8 Å². The van der Waals surface area contributed by atoms with Gasteiger partial charge < -0.3 is 30.4 Å². The molecule has 2 aliphatic rings. The topological polar surface area (TPSA) is 104 Å². The Morgan fingerprint density at radius 3 is 2.46 bits per heavy atom. The van der Waals surface area contributed by atoms with Gasteiger partial charge in [0.1, 0.15) is 19.0 Å². The number of hydrogen-bond donors (Lipinski definition) is 3. The Labute approximate surface area is 222 Å². The van der Waals surface area contributed by atoms with Gasteiger partial charge in [0.15, 0.2) is 11.5 Å². The summed E-state index contributed by atoms with van der Waals surface area (Å²) in [6.45, 7) is 1.21. The normalized spacial score (nSPS) is 18.6. The van der Waals surface area contributed by atoms with Crippen molar-refractivity contribution in [2.75, 3.05) is 23.4 Å². The van der Waals surface area contributed by atoms with Crippen LogP contribution in [0.1, 0.15) is 30.5 Å². The van der Waals surface area contributed by atoms with Crippen LogP contribution in [0.2, 0.25) is 0 Å². The van der Waals surface area contributed by atoms with Gasteiger partial charge in [-0.3, -0.25) is 9.59 Å². The Hall–Kier alpha value is -4.54. The van der Waals surface area contributed by atoms with Gasteiger partial charge in [-0.15, -0.1) is 0 Å². The molecule has 0 aromatic heterocycles. The lowest BCUT2D eigenvalue weighted by Crippen LogP contribution is -2.46. The fourth-order valence-electron chi connectivity index (χ4n) is 4.71. The Morgan fingerprint density at radius 2 is 1.77 bits per heavy atom. The minimum atomic E-state index is -3.63. The summed E-state index contributed by atoms with van der Waals surface area (Å²) < 4.78 is 52.1. The number of carbonyl (C=O) groups is 2. The van der Waals surface area contributed by atoms with Crippen LogP contribution in [0.4, 0.5) is 30.2 Å². The highest BCUT2D eigenvalue weighted by atomic mass is 19.3. The molecule has 2 unspecified atom stereocenters. The molecule has 3 aromatic carbocycles. The third-order valence-electron chi connectivity index (χ3n) is 6.54. The molecular weight excluding hydrogens is 513 g/mol. The average Bonchev–Trinajstić information content (AvgIpc) is 3.24. The summed E-state index contributed by atoms with van der Waals surface area (Å²) in [5, 5.41) is 13.4. The number of nitrogens with zero attached hydrogens (tertiary/aromatic N) is 1. The quantitative estimate of drug-likeness (QED) is 0.369. The van der Waals surface area contributed by atoms with Crippen molar-refractivity contribution in [2.45, 2.75) is 31.4 Å². The lowest BCUT2D eigenvalue weighted by Gasteiger charge is -2.31. The van der Waals surface area contributed by atoms with E-state index in [0.29, 0.717) is 59.8 Å². The van der Waals surface area contributed by atoms with E-state index in [-0.39, 0.29) is 12.2 Å². The van der Waals surface area contributed by atoms with Crippen molar-refractivity contribution in [3.63, 3.8) is 0 Å². The summed E-state index contributed by atoms with van der Waals surface area (Å²) in [6.07, 6.45) is 0.891. The second-order valence-electron chi connectivity index (χ2n) is 9.33. The van der Waals surface area contributed by atoms with Gasteiger partial charge in [0, 0.05) is 42.2 Å². The summed E-state index contributed by atoms with van der Waals surface area (Å²) in [5.41, 5.74) is 2.53. The van der Waals surface area contributed by atoms with Crippen molar-refractivity contribution in [2.24, 2.45) is 0 Å². The van der Waals surface area contributed by atoms with Crippen molar-refractivity contribution in [1.29, 1.82) is 5.41 Å². The molecule has 5 rings (SSSR count). The number of carbonyl (C=O) groups excluding carboxylic acids is 2. The van der Waals surface area contributed by atoms with Gasteiger partial charge in [0.25, 0.3) is 5.91 Å². The predicted octanol–water partition coefficient (Wildman–Crippen LogP) is 4.96. The number of rotatable bonds is 7. The maximum Gasteiger partial charge on any atom is 0.321 e. The minimum Gasteiger partial charge on any atom is -0.486 e. The van der Waals surface area contributed by atoms with Crippen molar-refractivity contribution in [1.82, 2.24) is 5.32 Å². The minimum absolute atomic E-state index is 0.212. The Balaban J connectivity index is 1.52. The first-order valence-corrected chi connectivity index (χ1v) is 12.2. The lowest BCUT2D eigenvalue weighted by molar-refractivity contribution is -0.143. The van der Waals surface area contributed by atoms with Crippen LogP contribution in [0, 0.1) is 11.2 Å². The molecule has 1 saturated heterocycles. The van der Waals surface area contributed by atoms with E-state index in [4.69, 9.17) is 14.9 Å². The molecular formula is C28H25F3N4O4. The number of anilines is 3. The molecule has 39 heavy (non-hydrogen) atoms. The first kappa shape index (κ1) is 26.1. The van der Waals surface area contributed by atoms with Crippen LogP contribution in [0.25, 0.3) is 0 Å². The molecule has 0 radical (unpaired) electrons. The maximum absolute atomic E-state index is 13.8. The summed E-state index contributed by atoms with van der Waals surface area (Å²) in [5.74, 6) is -4.93. The molecule has 3 aromatic rings.